The zero-order chi connectivity index (χ0) is 21.9. The van der Waals surface area contributed by atoms with Crippen LogP contribution in [0.2, 0.25) is 0 Å². The van der Waals surface area contributed by atoms with Crippen molar-refractivity contribution in [1.82, 2.24) is 16.0 Å². The van der Waals surface area contributed by atoms with E-state index >= 15 is 0 Å². The van der Waals surface area contributed by atoms with Gasteiger partial charge in [0, 0.05) is 6.42 Å². The van der Waals surface area contributed by atoms with Gasteiger partial charge in [0.1, 0.15) is 12.1 Å². The number of amides is 3. The first-order chi connectivity index (χ1) is 13.0. The molecule has 0 spiro atoms. The van der Waals surface area contributed by atoms with E-state index in [1.54, 1.807) is 0 Å². The van der Waals surface area contributed by atoms with E-state index in [-0.39, 0.29) is 6.42 Å². The Bertz CT molecular complexity index is 623. The number of aliphatic carboxylic acids is 3. The second-order valence-corrected chi connectivity index (χ2v) is 5.56. The highest BCUT2D eigenvalue weighted by Gasteiger charge is 2.25. The average Bonchev–Trinajstić information content (AvgIpc) is 2.59. The van der Waals surface area contributed by atoms with Gasteiger partial charge in [-0.3, -0.25) is 24.0 Å². The van der Waals surface area contributed by atoms with Crippen molar-refractivity contribution in [2.45, 2.75) is 37.4 Å². The molecular formula is C14H22N4O10. The lowest BCUT2D eigenvalue weighted by molar-refractivity contribution is -0.143. The molecule has 3 atom stereocenters. The molecule has 0 heterocycles. The molecule has 158 valence electrons. The smallest absolute Gasteiger partial charge is 0.326 e. The Hall–Kier alpha value is -3.26. The van der Waals surface area contributed by atoms with Crippen LogP contribution in [0.15, 0.2) is 0 Å². The van der Waals surface area contributed by atoms with Gasteiger partial charge in [0.15, 0.2) is 0 Å². The van der Waals surface area contributed by atoms with E-state index in [0.717, 1.165) is 0 Å². The Morgan fingerprint density at radius 2 is 1.46 bits per heavy atom. The lowest BCUT2D eigenvalue weighted by Crippen LogP contribution is -2.55. The molecule has 0 aromatic carbocycles. The largest absolute Gasteiger partial charge is 0.481 e. The number of carbonyl (C=O) groups is 6. The molecule has 0 aliphatic carbocycles. The van der Waals surface area contributed by atoms with Gasteiger partial charge in [0.2, 0.25) is 17.7 Å². The summed E-state index contributed by atoms with van der Waals surface area (Å²) in [5.41, 5.74) is 5.31. The van der Waals surface area contributed by atoms with Crippen LogP contribution in [0.1, 0.15) is 19.3 Å². The van der Waals surface area contributed by atoms with Crippen molar-refractivity contribution in [3.63, 3.8) is 0 Å². The third-order valence-corrected chi connectivity index (χ3v) is 3.25. The molecule has 0 rings (SSSR count). The fourth-order valence-corrected chi connectivity index (χ4v) is 1.81. The highest BCUT2D eigenvalue weighted by molar-refractivity contribution is 5.93. The molecule has 0 aromatic rings. The Balaban J connectivity index is 4.59. The molecular weight excluding hydrogens is 384 g/mol. The maximum atomic E-state index is 11.9. The molecule has 14 heteroatoms. The first kappa shape index (κ1) is 24.7. The number of aliphatic hydroxyl groups excluding tert-OH is 1. The van der Waals surface area contributed by atoms with Crippen LogP contribution in [0.25, 0.3) is 0 Å². The SMILES string of the molecule is NC(CC(=O)O)C(=O)NC(CO)C(=O)NCC(=O)NC(CCC(=O)O)C(=O)O. The van der Waals surface area contributed by atoms with Gasteiger partial charge in [-0.1, -0.05) is 0 Å². The summed E-state index contributed by atoms with van der Waals surface area (Å²) in [5, 5.41) is 41.2. The molecule has 3 unspecified atom stereocenters. The fraction of sp³-hybridized carbons (Fsp3) is 0.571. The molecule has 0 radical (unpaired) electrons. The monoisotopic (exact) mass is 406 g/mol. The Labute approximate surface area is 158 Å². The van der Waals surface area contributed by atoms with Crippen molar-refractivity contribution >= 4 is 35.6 Å². The number of rotatable bonds is 13. The number of hydrogen-bond donors (Lipinski definition) is 8. The molecule has 3 amide bonds. The number of carboxylic acids is 3. The van der Waals surface area contributed by atoms with Crippen molar-refractivity contribution in [1.29, 1.82) is 0 Å². The van der Waals surface area contributed by atoms with Gasteiger partial charge in [-0.15, -0.1) is 0 Å². The summed E-state index contributed by atoms with van der Waals surface area (Å²) in [6.45, 7) is -1.60. The first-order valence-corrected chi connectivity index (χ1v) is 7.88. The van der Waals surface area contributed by atoms with Crippen LogP contribution in [-0.4, -0.2) is 87.3 Å². The molecule has 28 heavy (non-hydrogen) atoms. The minimum atomic E-state index is -1.53. The number of hydrogen-bond acceptors (Lipinski definition) is 8. The third kappa shape index (κ3) is 10.0. The average molecular weight is 406 g/mol. The summed E-state index contributed by atoms with van der Waals surface area (Å²) < 4.78 is 0. The molecule has 0 bridgehead atoms. The van der Waals surface area contributed by atoms with Crippen LogP contribution in [-0.2, 0) is 28.8 Å². The van der Waals surface area contributed by atoms with Gasteiger partial charge >= 0.3 is 17.9 Å². The Morgan fingerprint density at radius 1 is 0.857 bits per heavy atom. The highest BCUT2D eigenvalue weighted by atomic mass is 16.4. The molecule has 0 saturated carbocycles. The zero-order valence-electron chi connectivity index (χ0n) is 14.6. The van der Waals surface area contributed by atoms with Crippen LogP contribution in [0.3, 0.4) is 0 Å². The van der Waals surface area contributed by atoms with Crippen molar-refractivity contribution in [3.05, 3.63) is 0 Å². The summed E-state index contributed by atoms with van der Waals surface area (Å²) in [6.07, 6.45) is -1.58. The Morgan fingerprint density at radius 3 is 1.93 bits per heavy atom. The van der Waals surface area contributed by atoms with E-state index < -0.39 is 79.7 Å². The molecule has 0 aliphatic heterocycles. The van der Waals surface area contributed by atoms with Crippen molar-refractivity contribution in [2.24, 2.45) is 5.73 Å². The van der Waals surface area contributed by atoms with Crippen molar-refractivity contribution in [2.75, 3.05) is 13.2 Å². The van der Waals surface area contributed by atoms with Gasteiger partial charge in [-0.25, -0.2) is 4.79 Å². The van der Waals surface area contributed by atoms with E-state index in [9.17, 15) is 28.8 Å². The summed E-state index contributed by atoms with van der Waals surface area (Å²) >= 11 is 0. The molecule has 0 saturated heterocycles. The van der Waals surface area contributed by atoms with Gasteiger partial charge < -0.3 is 42.1 Å². The van der Waals surface area contributed by atoms with E-state index in [1.165, 1.54) is 0 Å². The number of aliphatic hydroxyl groups is 1. The van der Waals surface area contributed by atoms with Gasteiger partial charge in [0.25, 0.3) is 0 Å². The van der Waals surface area contributed by atoms with Crippen molar-refractivity contribution in [3.8, 4) is 0 Å². The molecule has 14 nitrogen and oxygen atoms in total. The molecule has 0 fully saturated rings. The second-order valence-electron chi connectivity index (χ2n) is 5.56. The van der Waals surface area contributed by atoms with E-state index in [4.69, 9.17) is 26.2 Å². The Kier molecular flexibility index (Phi) is 10.8. The normalized spacial score (nSPS) is 13.5. The maximum Gasteiger partial charge on any atom is 0.326 e. The second kappa shape index (κ2) is 12.2. The molecule has 9 N–H and O–H groups in total. The number of carbonyl (C=O) groups excluding carboxylic acids is 3. The van der Waals surface area contributed by atoms with Crippen LogP contribution in [0.4, 0.5) is 0 Å². The number of nitrogens with one attached hydrogen (secondary N) is 3. The minimum absolute atomic E-state index is 0.374. The van der Waals surface area contributed by atoms with Gasteiger partial charge in [-0.05, 0) is 6.42 Å². The van der Waals surface area contributed by atoms with Crippen LogP contribution in [0, 0.1) is 0 Å². The first-order valence-electron chi connectivity index (χ1n) is 7.88. The molecule has 0 aromatic heterocycles. The van der Waals surface area contributed by atoms with E-state index in [2.05, 4.69) is 0 Å². The van der Waals surface area contributed by atoms with Gasteiger partial charge in [0.05, 0.1) is 25.6 Å². The van der Waals surface area contributed by atoms with Crippen molar-refractivity contribution < 1.29 is 49.2 Å². The summed E-state index contributed by atoms with van der Waals surface area (Å²) in [4.78, 5) is 67.2. The third-order valence-electron chi connectivity index (χ3n) is 3.25. The highest BCUT2D eigenvalue weighted by Crippen LogP contribution is 1.98. The maximum absolute atomic E-state index is 11.9. The lowest BCUT2D eigenvalue weighted by Gasteiger charge is -2.19. The number of nitrogens with two attached hydrogens (primary N) is 1. The quantitative estimate of drug-likeness (QED) is 0.146. The minimum Gasteiger partial charge on any atom is -0.481 e. The lowest BCUT2D eigenvalue weighted by atomic mass is 10.1. The van der Waals surface area contributed by atoms with Crippen LogP contribution >= 0.6 is 0 Å². The zero-order valence-corrected chi connectivity index (χ0v) is 14.6. The molecule has 0 aliphatic rings. The fourth-order valence-electron chi connectivity index (χ4n) is 1.81. The topological polar surface area (TPSA) is 245 Å². The summed E-state index contributed by atoms with van der Waals surface area (Å²) in [5.74, 6) is -7.03. The number of carboxylic acid groups (broad SMARTS) is 3. The summed E-state index contributed by atoms with van der Waals surface area (Å²) in [7, 11) is 0. The van der Waals surface area contributed by atoms with E-state index in [1.807, 2.05) is 16.0 Å². The van der Waals surface area contributed by atoms with Crippen LogP contribution < -0.4 is 21.7 Å². The predicted octanol–water partition coefficient (Wildman–Crippen LogP) is -4.18. The van der Waals surface area contributed by atoms with E-state index in [0.29, 0.717) is 0 Å². The predicted molar refractivity (Wildman–Crippen MR) is 88.7 cm³/mol. The van der Waals surface area contributed by atoms with Gasteiger partial charge in [-0.2, -0.15) is 0 Å². The summed E-state index contributed by atoms with van der Waals surface area (Å²) in [6, 6.07) is -4.47. The standard InChI is InChI=1S/C14H22N4O10/c15-6(3-11(23)24)12(25)18-8(5-19)13(26)16-4-9(20)17-7(14(27)28)1-2-10(21)22/h6-8,19H,1-5,15H2,(H,16,26)(H,17,20)(H,18,25)(H,21,22)(H,23,24)(H,27,28). The van der Waals surface area contributed by atoms with Crippen LogP contribution in [0.5, 0.6) is 0 Å².